The number of thioether (sulfide) groups is 1. The van der Waals surface area contributed by atoms with Gasteiger partial charge in [0.05, 0.1) is 0 Å². The van der Waals surface area contributed by atoms with Gasteiger partial charge in [0.1, 0.15) is 5.25 Å². The summed E-state index contributed by atoms with van der Waals surface area (Å²) >= 11 is 1.91. The van der Waals surface area contributed by atoms with E-state index < -0.39 is 10.0 Å². The van der Waals surface area contributed by atoms with Crippen LogP contribution in [0.3, 0.4) is 0 Å². The molecule has 0 aliphatic carbocycles. The second kappa shape index (κ2) is 2.87. The van der Waals surface area contributed by atoms with Gasteiger partial charge in [0, 0.05) is 30.6 Å². The van der Waals surface area contributed by atoms with Gasteiger partial charge in [-0.05, 0) is 0 Å². The standard InChI is InChI=1S/C6H12N2O2S2/c7-12(9,10)6-1-8(2-6)5-3-11-4-5/h5-6H,1-4H2,(H2,7,9,10). The molecule has 6 heteroatoms. The minimum absolute atomic E-state index is 0.303. The van der Waals surface area contributed by atoms with Gasteiger partial charge in [-0.15, -0.1) is 0 Å². The van der Waals surface area contributed by atoms with Gasteiger partial charge in [-0.25, -0.2) is 13.6 Å². The maximum absolute atomic E-state index is 10.8. The lowest BCUT2D eigenvalue weighted by atomic mass is 10.1. The number of nitrogens with two attached hydrogens (primary N) is 1. The molecule has 0 amide bonds. The molecule has 70 valence electrons. The molecular formula is C6H12N2O2S2. The summed E-state index contributed by atoms with van der Waals surface area (Å²) in [6, 6.07) is 0.619. The highest BCUT2D eigenvalue weighted by molar-refractivity contribution is 8.00. The maximum atomic E-state index is 10.8. The highest BCUT2D eigenvalue weighted by Crippen LogP contribution is 2.28. The van der Waals surface area contributed by atoms with Crippen LogP contribution in [0.15, 0.2) is 0 Å². The summed E-state index contributed by atoms with van der Waals surface area (Å²) in [7, 11) is -3.27. The summed E-state index contributed by atoms with van der Waals surface area (Å²) in [6.07, 6.45) is 0. The van der Waals surface area contributed by atoms with Crippen molar-refractivity contribution in [3.8, 4) is 0 Å². The molecule has 0 bridgehead atoms. The predicted molar refractivity (Wildman–Crippen MR) is 49.6 cm³/mol. The molecule has 0 aromatic carbocycles. The third-order valence-corrected chi connectivity index (χ3v) is 4.95. The van der Waals surface area contributed by atoms with Crippen molar-refractivity contribution in [2.75, 3.05) is 24.6 Å². The molecule has 0 aromatic heterocycles. The van der Waals surface area contributed by atoms with Crippen LogP contribution in [-0.2, 0) is 10.0 Å². The summed E-state index contributed by atoms with van der Waals surface area (Å²) < 4.78 is 21.7. The number of sulfonamides is 1. The van der Waals surface area contributed by atoms with Crippen molar-refractivity contribution in [1.29, 1.82) is 0 Å². The van der Waals surface area contributed by atoms with Crippen LogP contribution < -0.4 is 5.14 Å². The molecule has 2 N–H and O–H groups in total. The first kappa shape index (κ1) is 8.80. The fourth-order valence-corrected chi connectivity index (χ4v) is 3.08. The normalized spacial score (nSPS) is 28.1. The molecule has 2 rings (SSSR count). The second-order valence-corrected chi connectivity index (χ2v) is 6.28. The van der Waals surface area contributed by atoms with Crippen molar-refractivity contribution in [3.63, 3.8) is 0 Å². The Labute approximate surface area is 76.5 Å². The van der Waals surface area contributed by atoms with Crippen LogP contribution in [0.25, 0.3) is 0 Å². The Balaban J connectivity index is 1.83. The van der Waals surface area contributed by atoms with E-state index in [1.807, 2.05) is 11.8 Å². The molecule has 0 radical (unpaired) electrons. The largest absolute Gasteiger partial charge is 0.296 e. The van der Waals surface area contributed by atoms with E-state index in [1.54, 1.807) is 0 Å². The second-order valence-electron chi connectivity index (χ2n) is 3.36. The van der Waals surface area contributed by atoms with E-state index in [9.17, 15) is 8.42 Å². The molecule has 0 aromatic rings. The lowest BCUT2D eigenvalue weighted by molar-refractivity contribution is 0.141. The Morgan fingerprint density at radius 3 is 2.25 bits per heavy atom. The topological polar surface area (TPSA) is 63.4 Å². The molecule has 0 saturated carbocycles. The molecule has 12 heavy (non-hydrogen) atoms. The molecule has 0 spiro atoms. The Bertz CT molecular complexity index is 267. The molecule has 4 nitrogen and oxygen atoms in total. The minimum Gasteiger partial charge on any atom is -0.296 e. The van der Waals surface area contributed by atoms with E-state index in [4.69, 9.17) is 5.14 Å². The van der Waals surface area contributed by atoms with Crippen LogP contribution in [0.4, 0.5) is 0 Å². The van der Waals surface area contributed by atoms with E-state index in [0.29, 0.717) is 19.1 Å². The smallest absolute Gasteiger partial charge is 0.214 e. The zero-order valence-corrected chi connectivity index (χ0v) is 8.27. The van der Waals surface area contributed by atoms with Gasteiger partial charge in [-0.2, -0.15) is 11.8 Å². The van der Waals surface area contributed by atoms with E-state index in [0.717, 1.165) is 11.5 Å². The van der Waals surface area contributed by atoms with Gasteiger partial charge in [0.2, 0.25) is 10.0 Å². The van der Waals surface area contributed by atoms with E-state index >= 15 is 0 Å². The number of hydrogen-bond acceptors (Lipinski definition) is 4. The van der Waals surface area contributed by atoms with Crippen molar-refractivity contribution in [1.82, 2.24) is 4.90 Å². The van der Waals surface area contributed by atoms with E-state index in [-0.39, 0.29) is 5.25 Å². The first-order valence-corrected chi connectivity index (χ1v) is 6.67. The average molecular weight is 208 g/mol. The fraction of sp³-hybridized carbons (Fsp3) is 1.00. The molecule has 0 atom stereocenters. The zero-order valence-electron chi connectivity index (χ0n) is 6.64. The lowest BCUT2D eigenvalue weighted by Crippen LogP contribution is -2.62. The van der Waals surface area contributed by atoms with Crippen molar-refractivity contribution < 1.29 is 8.42 Å². The van der Waals surface area contributed by atoms with Crippen molar-refractivity contribution in [3.05, 3.63) is 0 Å². The van der Waals surface area contributed by atoms with Crippen LogP contribution in [0.2, 0.25) is 0 Å². The molecule has 2 saturated heterocycles. The first-order valence-electron chi connectivity index (χ1n) is 3.91. The molecule has 2 aliphatic rings. The number of likely N-dealkylation sites (tertiary alicyclic amines) is 1. The molecule has 2 fully saturated rings. The molecule has 2 aliphatic heterocycles. The van der Waals surface area contributed by atoms with Crippen LogP contribution in [0.5, 0.6) is 0 Å². The number of primary sulfonamides is 1. The molecule has 2 heterocycles. The SMILES string of the molecule is NS(=O)(=O)C1CN(C2CSC2)C1. The third kappa shape index (κ3) is 1.48. The monoisotopic (exact) mass is 208 g/mol. The third-order valence-electron chi connectivity index (χ3n) is 2.48. The van der Waals surface area contributed by atoms with Crippen LogP contribution >= 0.6 is 11.8 Å². The quantitative estimate of drug-likeness (QED) is 0.637. The Kier molecular flexibility index (Phi) is 2.10. The van der Waals surface area contributed by atoms with Crippen molar-refractivity contribution >= 4 is 21.8 Å². The summed E-state index contributed by atoms with van der Waals surface area (Å²) in [5, 5.41) is 4.70. The zero-order chi connectivity index (χ0) is 8.77. The van der Waals surface area contributed by atoms with Crippen LogP contribution in [-0.4, -0.2) is 49.2 Å². The van der Waals surface area contributed by atoms with E-state index in [2.05, 4.69) is 4.90 Å². The summed E-state index contributed by atoms with van der Waals surface area (Å²) in [6.45, 7) is 1.29. The number of nitrogens with zero attached hydrogens (tertiary/aromatic N) is 1. The fourth-order valence-electron chi connectivity index (χ4n) is 1.41. The van der Waals surface area contributed by atoms with Crippen molar-refractivity contribution in [2.45, 2.75) is 11.3 Å². The van der Waals surface area contributed by atoms with E-state index in [1.165, 1.54) is 0 Å². The lowest BCUT2D eigenvalue weighted by Gasteiger charge is -2.46. The van der Waals surface area contributed by atoms with Crippen LogP contribution in [0.1, 0.15) is 0 Å². The summed E-state index contributed by atoms with van der Waals surface area (Å²) in [5.74, 6) is 2.30. The van der Waals surface area contributed by atoms with Gasteiger partial charge in [-0.3, -0.25) is 4.90 Å². The molecule has 0 unspecified atom stereocenters. The van der Waals surface area contributed by atoms with Crippen LogP contribution in [0, 0.1) is 0 Å². The highest BCUT2D eigenvalue weighted by Gasteiger charge is 2.40. The Morgan fingerprint density at radius 1 is 1.33 bits per heavy atom. The predicted octanol–water partition coefficient (Wildman–Crippen LogP) is -0.925. The highest BCUT2D eigenvalue weighted by atomic mass is 32.2. The average Bonchev–Trinajstić information content (AvgIpc) is 1.67. The summed E-state index contributed by atoms with van der Waals surface area (Å²) in [4.78, 5) is 2.20. The van der Waals surface area contributed by atoms with Gasteiger partial charge in [-0.1, -0.05) is 0 Å². The van der Waals surface area contributed by atoms with Gasteiger partial charge < -0.3 is 0 Å². The van der Waals surface area contributed by atoms with Gasteiger partial charge in [0.15, 0.2) is 0 Å². The number of rotatable bonds is 2. The number of hydrogen-bond donors (Lipinski definition) is 1. The first-order chi connectivity index (χ1) is 5.57. The van der Waals surface area contributed by atoms with Crippen molar-refractivity contribution in [2.24, 2.45) is 5.14 Å². The van der Waals surface area contributed by atoms with Gasteiger partial charge in [0.25, 0.3) is 0 Å². The Morgan fingerprint density at radius 2 is 1.92 bits per heavy atom. The Hall–Kier alpha value is 0.220. The maximum Gasteiger partial charge on any atom is 0.214 e. The minimum atomic E-state index is -3.27. The summed E-state index contributed by atoms with van der Waals surface area (Å²) in [5.41, 5.74) is 0. The molecular weight excluding hydrogens is 196 g/mol. The van der Waals surface area contributed by atoms with Gasteiger partial charge >= 0.3 is 0 Å².